The predicted octanol–water partition coefficient (Wildman–Crippen LogP) is 4.38. The minimum Gasteiger partial charge on any atom is -0.480 e. The first-order chi connectivity index (χ1) is 16.1. The van der Waals surface area contributed by atoms with E-state index in [0.29, 0.717) is 35.3 Å². The third kappa shape index (κ3) is 5.30. The van der Waals surface area contributed by atoms with Crippen molar-refractivity contribution in [2.75, 3.05) is 0 Å². The number of fused-ring (bicyclic) bond motifs is 1. The van der Waals surface area contributed by atoms with Gasteiger partial charge in [0.05, 0.1) is 0 Å². The maximum Gasteiger partial charge on any atom is 0.340 e. The molecule has 1 amide bonds. The molecule has 0 unspecified atom stereocenters. The molecule has 3 atom stereocenters. The highest BCUT2D eigenvalue weighted by atomic mass is 16.5. The van der Waals surface area contributed by atoms with Crippen LogP contribution in [0.25, 0.3) is 11.0 Å². The first kappa shape index (κ1) is 25.0. The molecule has 7 heteroatoms. The maximum absolute atomic E-state index is 12.8. The molecule has 1 heterocycles. The highest BCUT2D eigenvalue weighted by Crippen LogP contribution is 2.30. The zero-order chi connectivity index (χ0) is 25.0. The van der Waals surface area contributed by atoms with Crippen molar-refractivity contribution in [3.05, 3.63) is 75.1 Å². The topological polar surface area (TPSA) is 106 Å². The van der Waals surface area contributed by atoms with Crippen molar-refractivity contribution in [3.63, 3.8) is 0 Å². The monoisotopic (exact) mass is 465 g/mol. The molecule has 34 heavy (non-hydrogen) atoms. The van der Waals surface area contributed by atoms with Gasteiger partial charge in [0.2, 0.25) is 0 Å². The first-order valence-electron chi connectivity index (χ1n) is 11.4. The van der Waals surface area contributed by atoms with E-state index in [0.717, 1.165) is 16.5 Å². The van der Waals surface area contributed by atoms with Crippen LogP contribution in [0.5, 0.6) is 5.75 Å². The van der Waals surface area contributed by atoms with E-state index in [1.165, 1.54) is 0 Å². The number of aliphatic carboxylic acids is 1. The van der Waals surface area contributed by atoms with Crippen LogP contribution in [-0.2, 0) is 16.0 Å². The molecule has 0 saturated heterocycles. The Hall–Kier alpha value is -3.61. The van der Waals surface area contributed by atoms with Gasteiger partial charge in [-0.25, -0.2) is 9.59 Å². The van der Waals surface area contributed by atoms with Crippen LogP contribution in [0.15, 0.2) is 51.7 Å². The zero-order valence-electron chi connectivity index (χ0n) is 20.2. The summed E-state index contributed by atoms with van der Waals surface area (Å²) in [6.45, 7) is 8.86. The summed E-state index contributed by atoms with van der Waals surface area (Å²) in [7, 11) is 0. The third-order valence-electron chi connectivity index (χ3n) is 6.33. The Balaban J connectivity index is 1.86. The number of rotatable bonds is 9. The number of amides is 1. The number of benzene rings is 2. The van der Waals surface area contributed by atoms with Gasteiger partial charge in [-0.15, -0.1) is 0 Å². The fraction of sp³-hybridized carbons (Fsp3) is 0.370. The highest BCUT2D eigenvalue weighted by molar-refractivity contribution is 5.88. The molecule has 2 N–H and O–H groups in total. The molecule has 3 rings (SSSR count). The summed E-state index contributed by atoms with van der Waals surface area (Å²) in [4.78, 5) is 36.9. The number of aryl methyl sites for hydroxylation is 2. The Bertz CT molecular complexity index is 1250. The molecule has 7 nitrogen and oxygen atoms in total. The summed E-state index contributed by atoms with van der Waals surface area (Å²) in [5.74, 6) is -1.44. The smallest absolute Gasteiger partial charge is 0.340 e. The van der Waals surface area contributed by atoms with Crippen molar-refractivity contribution in [2.24, 2.45) is 5.92 Å². The summed E-state index contributed by atoms with van der Waals surface area (Å²) in [5, 5.41) is 12.8. The lowest BCUT2D eigenvalue weighted by Gasteiger charge is -2.23. The van der Waals surface area contributed by atoms with Crippen LogP contribution >= 0.6 is 0 Å². The molecule has 0 aliphatic carbocycles. The fourth-order valence-electron chi connectivity index (χ4n) is 3.90. The van der Waals surface area contributed by atoms with Gasteiger partial charge in [0.25, 0.3) is 5.91 Å². The van der Waals surface area contributed by atoms with Gasteiger partial charge in [-0.1, -0.05) is 50.6 Å². The Morgan fingerprint density at radius 3 is 2.35 bits per heavy atom. The van der Waals surface area contributed by atoms with Crippen LogP contribution in [0.4, 0.5) is 0 Å². The van der Waals surface area contributed by atoms with Crippen LogP contribution in [-0.4, -0.2) is 29.1 Å². The van der Waals surface area contributed by atoms with Crippen molar-refractivity contribution in [2.45, 2.75) is 59.6 Å². The predicted molar refractivity (Wildman–Crippen MR) is 130 cm³/mol. The van der Waals surface area contributed by atoms with Gasteiger partial charge < -0.3 is 19.6 Å². The second-order valence-corrected chi connectivity index (χ2v) is 8.69. The number of hydrogen-bond donors (Lipinski definition) is 2. The van der Waals surface area contributed by atoms with E-state index in [1.54, 1.807) is 26.8 Å². The van der Waals surface area contributed by atoms with Crippen molar-refractivity contribution in [3.8, 4) is 5.75 Å². The van der Waals surface area contributed by atoms with Crippen LogP contribution in [0.1, 0.15) is 49.4 Å². The maximum atomic E-state index is 12.8. The summed E-state index contributed by atoms with van der Waals surface area (Å²) < 4.78 is 11.5. The van der Waals surface area contributed by atoms with Crippen molar-refractivity contribution >= 4 is 22.8 Å². The minimum atomic E-state index is -1.08. The van der Waals surface area contributed by atoms with Gasteiger partial charge in [-0.05, 0) is 49.9 Å². The summed E-state index contributed by atoms with van der Waals surface area (Å²) >= 11 is 0. The number of carbonyl (C=O) groups is 2. The molecular weight excluding hydrogens is 434 g/mol. The number of carboxylic acid groups (broad SMARTS) is 1. The molecule has 0 aliphatic heterocycles. The Labute approximate surface area is 198 Å². The van der Waals surface area contributed by atoms with Gasteiger partial charge in [-0.3, -0.25) is 4.79 Å². The lowest BCUT2D eigenvalue weighted by molar-refractivity contribution is -0.144. The van der Waals surface area contributed by atoms with E-state index in [4.69, 9.17) is 9.15 Å². The fourth-order valence-corrected chi connectivity index (χ4v) is 3.90. The number of ether oxygens (including phenoxy) is 1. The quantitative estimate of drug-likeness (QED) is 0.454. The van der Waals surface area contributed by atoms with Crippen LogP contribution < -0.4 is 15.7 Å². The molecule has 0 bridgehead atoms. The second-order valence-electron chi connectivity index (χ2n) is 8.69. The van der Waals surface area contributed by atoms with Gasteiger partial charge >= 0.3 is 11.6 Å². The van der Waals surface area contributed by atoms with Crippen molar-refractivity contribution < 1.29 is 23.8 Å². The number of nitrogens with one attached hydrogen (secondary N) is 1. The molecule has 180 valence electrons. The molecule has 0 spiro atoms. The van der Waals surface area contributed by atoms with Gasteiger partial charge in [0.15, 0.2) is 6.10 Å². The first-order valence-corrected chi connectivity index (χ1v) is 11.4. The molecular formula is C27H31NO6. The van der Waals surface area contributed by atoms with E-state index in [1.807, 2.05) is 50.2 Å². The molecule has 0 fully saturated rings. The van der Waals surface area contributed by atoms with E-state index in [2.05, 4.69) is 5.32 Å². The van der Waals surface area contributed by atoms with Crippen molar-refractivity contribution in [1.82, 2.24) is 5.32 Å². The van der Waals surface area contributed by atoms with E-state index < -0.39 is 29.6 Å². The average molecular weight is 466 g/mol. The van der Waals surface area contributed by atoms with Gasteiger partial charge in [0.1, 0.15) is 17.4 Å². The summed E-state index contributed by atoms with van der Waals surface area (Å²) in [6.07, 6.45) is 0.147. The van der Waals surface area contributed by atoms with Crippen LogP contribution in [0.3, 0.4) is 0 Å². The average Bonchev–Trinajstić information content (AvgIpc) is 2.82. The summed E-state index contributed by atoms with van der Waals surface area (Å²) in [6, 6.07) is 12.3. The van der Waals surface area contributed by atoms with Gasteiger partial charge in [0, 0.05) is 22.9 Å². The minimum absolute atomic E-state index is 0.224. The summed E-state index contributed by atoms with van der Waals surface area (Å²) in [5.41, 5.74) is 3.06. The molecule has 3 aromatic rings. The van der Waals surface area contributed by atoms with E-state index in [-0.39, 0.29) is 5.92 Å². The normalized spacial score (nSPS) is 13.8. The van der Waals surface area contributed by atoms with E-state index >= 15 is 0 Å². The van der Waals surface area contributed by atoms with Gasteiger partial charge in [-0.2, -0.15) is 0 Å². The Morgan fingerprint density at radius 2 is 1.74 bits per heavy atom. The van der Waals surface area contributed by atoms with Crippen molar-refractivity contribution in [1.29, 1.82) is 0 Å². The Morgan fingerprint density at radius 1 is 1.06 bits per heavy atom. The number of carbonyl (C=O) groups excluding carboxylic acids is 1. The third-order valence-corrected chi connectivity index (χ3v) is 6.33. The molecule has 0 saturated carbocycles. The van der Waals surface area contributed by atoms with E-state index in [9.17, 15) is 19.5 Å². The molecule has 2 aromatic carbocycles. The zero-order valence-corrected chi connectivity index (χ0v) is 20.2. The molecule has 0 aliphatic rings. The molecule has 1 aromatic heterocycles. The highest BCUT2D eigenvalue weighted by Gasteiger charge is 2.28. The standard InChI is InChI=1S/C27H31NO6/c1-6-15(2)23(26(30)31)28-25(29)18(5)33-22-13-12-20-16(3)21(14-19-10-8-7-9-11-19)27(32)34-24(20)17(22)4/h7-13,15,18,23H,6,14H2,1-5H3,(H,28,29)(H,30,31)/t15-,18-,23+/m0/s1. The van der Waals surface area contributed by atoms with Crippen LogP contribution in [0.2, 0.25) is 0 Å². The lowest BCUT2D eigenvalue weighted by atomic mass is 9.98. The van der Waals surface area contributed by atoms with Crippen LogP contribution in [0, 0.1) is 19.8 Å². The second kappa shape index (κ2) is 10.5. The molecule has 0 radical (unpaired) electrons. The Kier molecular flexibility index (Phi) is 7.76. The number of carboxylic acids is 1. The number of hydrogen-bond acceptors (Lipinski definition) is 5. The lowest BCUT2D eigenvalue weighted by Crippen LogP contribution is -2.49. The largest absolute Gasteiger partial charge is 0.480 e. The SMILES string of the molecule is CC[C@H](C)[C@@H](NC(=O)[C@H](C)Oc1ccc2c(C)c(Cc3ccccc3)c(=O)oc2c1C)C(=O)O.